The average molecular weight is 296 g/mol. The fraction of sp³-hybridized carbons (Fsp3) is 0.333. The van der Waals surface area contributed by atoms with E-state index >= 15 is 0 Å². The second-order valence-corrected chi connectivity index (χ2v) is 6.30. The van der Waals surface area contributed by atoms with E-state index in [1.807, 2.05) is 62.5 Å². The highest BCUT2D eigenvalue weighted by molar-refractivity contribution is 5.99. The predicted molar refractivity (Wildman–Crippen MR) is 86.6 cm³/mol. The molecule has 0 spiro atoms. The maximum absolute atomic E-state index is 12.5. The van der Waals surface area contributed by atoms with E-state index in [1.54, 1.807) is 12.0 Å². The normalized spacial score (nSPS) is 20.4. The van der Waals surface area contributed by atoms with Gasteiger partial charge in [-0.2, -0.15) is 0 Å². The first-order valence-corrected chi connectivity index (χ1v) is 7.38. The minimum Gasteiger partial charge on any atom is -0.371 e. The molecule has 0 aliphatic carbocycles. The number of hydrogen-bond donors (Lipinski definition) is 0. The summed E-state index contributed by atoms with van der Waals surface area (Å²) < 4.78 is 5.36. The first kappa shape index (κ1) is 14.7. The first-order valence-electron chi connectivity index (χ1n) is 7.38. The lowest BCUT2D eigenvalue weighted by atomic mass is 9.90. The minimum absolute atomic E-state index is 0.0209. The summed E-state index contributed by atoms with van der Waals surface area (Å²) in [6.07, 6.45) is 1.40. The van der Waals surface area contributed by atoms with Crippen LogP contribution in [0.15, 0.2) is 48.7 Å². The third kappa shape index (κ3) is 2.50. The van der Waals surface area contributed by atoms with Crippen LogP contribution in [0.5, 0.6) is 0 Å². The predicted octanol–water partition coefficient (Wildman–Crippen LogP) is 3.14. The molecule has 3 rings (SSSR count). The highest BCUT2D eigenvalue weighted by atomic mass is 16.5. The molecular formula is C18H20N2O2. The van der Waals surface area contributed by atoms with E-state index in [0.717, 1.165) is 11.1 Å². The maximum Gasteiger partial charge on any atom is 0.257 e. The van der Waals surface area contributed by atoms with E-state index in [4.69, 9.17) is 4.74 Å². The largest absolute Gasteiger partial charge is 0.371 e. The van der Waals surface area contributed by atoms with Crippen molar-refractivity contribution in [3.63, 3.8) is 0 Å². The smallest absolute Gasteiger partial charge is 0.257 e. The maximum atomic E-state index is 12.5. The Morgan fingerprint density at radius 2 is 1.86 bits per heavy atom. The van der Waals surface area contributed by atoms with Gasteiger partial charge in [-0.25, -0.2) is 4.98 Å². The third-order valence-corrected chi connectivity index (χ3v) is 4.13. The first-order chi connectivity index (χ1) is 10.5. The Morgan fingerprint density at radius 1 is 1.14 bits per heavy atom. The standard InChI is InChI=1S/C18H20N2O2/c1-18(2)12-20(17(21)16(18)22-3)15-10-9-14(11-19-15)13-7-5-4-6-8-13/h4-11,16H,12H2,1-3H3/t16-/m1/s1. The molecule has 114 valence electrons. The van der Waals surface area contributed by atoms with Crippen LogP contribution in [0.1, 0.15) is 13.8 Å². The van der Waals surface area contributed by atoms with Gasteiger partial charge in [0, 0.05) is 30.8 Å². The zero-order valence-corrected chi connectivity index (χ0v) is 13.1. The number of methoxy groups -OCH3 is 1. The molecule has 4 heteroatoms. The zero-order valence-electron chi connectivity index (χ0n) is 13.1. The number of ether oxygens (including phenoxy) is 1. The van der Waals surface area contributed by atoms with Crippen LogP contribution in [0, 0.1) is 5.41 Å². The van der Waals surface area contributed by atoms with Crippen LogP contribution >= 0.6 is 0 Å². The molecule has 0 bridgehead atoms. The molecule has 1 fully saturated rings. The topological polar surface area (TPSA) is 42.4 Å². The molecule has 0 N–H and O–H groups in total. The van der Waals surface area contributed by atoms with Gasteiger partial charge in [-0.1, -0.05) is 44.2 Å². The van der Waals surface area contributed by atoms with E-state index in [1.165, 1.54) is 0 Å². The van der Waals surface area contributed by atoms with E-state index in [-0.39, 0.29) is 11.3 Å². The lowest BCUT2D eigenvalue weighted by molar-refractivity contribution is -0.128. The molecular weight excluding hydrogens is 276 g/mol. The van der Waals surface area contributed by atoms with Gasteiger partial charge in [-0.3, -0.25) is 9.69 Å². The van der Waals surface area contributed by atoms with Crippen molar-refractivity contribution in [3.05, 3.63) is 48.7 Å². The Bertz CT molecular complexity index is 665. The number of nitrogens with zero attached hydrogens (tertiary/aromatic N) is 2. The van der Waals surface area contributed by atoms with E-state index in [2.05, 4.69) is 4.98 Å². The Kier molecular flexibility index (Phi) is 3.71. The summed E-state index contributed by atoms with van der Waals surface area (Å²) in [6, 6.07) is 14.0. The van der Waals surface area contributed by atoms with Crippen LogP contribution in [0.2, 0.25) is 0 Å². The highest BCUT2D eigenvalue weighted by Gasteiger charge is 2.47. The van der Waals surface area contributed by atoms with E-state index in [0.29, 0.717) is 12.4 Å². The summed E-state index contributed by atoms with van der Waals surface area (Å²) in [4.78, 5) is 18.7. The molecule has 1 aromatic carbocycles. The Balaban J connectivity index is 1.87. The number of anilines is 1. The molecule has 1 amide bonds. The van der Waals surface area contributed by atoms with Crippen molar-refractivity contribution in [2.75, 3.05) is 18.6 Å². The van der Waals surface area contributed by atoms with Gasteiger partial charge in [0.2, 0.25) is 0 Å². The summed E-state index contributed by atoms with van der Waals surface area (Å²) in [5.41, 5.74) is 1.94. The molecule has 1 aliphatic rings. The quantitative estimate of drug-likeness (QED) is 0.874. The molecule has 1 aliphatic heterocycles. The van der Waals surface area contributed by atoms with Gasteiger partial charge in [0.1, 0.15) is 11.9 Å². The number of carbonyl (C=O) groups excluding carboxylic acids is 1. The Morgan fingerprint density at radius 3 is 2.41 bits per heavy atom. The van der Waals surface area contributed by atoms with Crippen molar-refractivity contribution < 1.29 is 9.53 Å². The average Bonchev–Trinajstić information content (AvgIpc) is 2.77. The van der Waals surface area contributed by atoms with E-state index in [9.17, 15) is 4.79 Å². The number of hydrogen-bond acceptors (Lipinski definition) is 3. The van der Waals surface area contributed by atoms with Crippen LogP contribution in [0.4, 0.5) is 5.82 Å². The Labute approximate surface area is 130 Å². The summed E-state index contributed by atoms with van der Waals surface area (Å²) in [6.45, 7) is 4.69. The second-order valence-electron chi connectivity index (χ2n) is 6.30. The molecule has 0 radical (unpaired) electrons. The summed E-state index contributed by atoms with van der Waals surface area (Å²) in [7, 11) is 1.58. The van der Waals surface area contributed by atoms with Crippen molar-refractivity contribution in [2.45, 2.75) is 20.0 Å². The van der Waals surface area contributed by atoms with Gasteiger partial charge in [-0.05, 0) is 17.7 Å². The lowest BCUT2D eigenvalue weighted by Gasteiger charge is -2.21. The molecule has 1 atom stereocenters. The fourth-order valence-electron chi connectivity index (χ4n) is 3.00. The van der Waals surface area contributed by atoms with Gasteiger partial charge in [0.15, 0.2) is 0 Å². The van der Waals surface area contributed by atoms with Crippen LogP contribution < -0.4 is 4.90 Å². The van der Waals surface area contributed by atoms with Crippen molar-refractivity contribution >= 4 is 11.7 Å². The van der Waals surface area contributed by atoms with Crippen molar-refractivity contribution in [2.24, 2.45) is 5.41 Å². The van der Waals surface area contributed by atoms with Crippen LogP contribution in [-0.2, 0) is 9.53 Å². The number of rotatable bonds is 3. The van der Waals surface area contributed by atoms with Crippen molar-refractivity contribution in [1.82, 2.24) is 4.98 Å². The fourth-order valence-corrected chi connectivity index (χ4v) is 3.00. The number of amides is 1. The molecule has 2 heterocycles. The summed E-state index contributed by atoms with van der Waals surface area (Å²) in [5.74, 6) is 0.657. The van der Waals surface area contributed by atoms with Crippen molar-refractivity contribution in [3.8, 4) is 11.1 Å². The molecule has 0 unspecified atom stereocenters. The van der Waals surface area contributed by atoms with Crippen LogP contribution in [0.3, 0.4) is 0 Å². The summed E-state index contributed by atoms with van der Waals surface area (Å²) in [5, 5.41) is 0. The highest BCUT2D eigenvalue weighted by Crippen LogP contribution is 2.35. The summed E-state index contributed by atoms with van der Waals surface area (Å²) >= 11 is 0. The van der Waals surface area contributed by atoms with Gasteiger partial charge in [0.25, 0.3) is 5.91 Å². The van der Waals surface area contributed by atoms with Gasteiger partial charge < -0.3 is 4.74 Å². The number of benzene rings is 1. The molecule has 0 saturated carbocycles. The zero-order chi connectivity index (χ0) is 15.7. The molecule has 22 heavy (non-hydrogen) atoms. The number of aromatic nitrogens is 1. The van der Waals surface area contributed by atoms with Crippen molar-refractivity contribution in [1.29, 1.82) is 0 Å². The number of carbonyl (C=O) groups is 1. The van der Waals surface area contributed by atoms with Gasteiger partial charge in [0.05, 0.1) is 0 Å². The molecule has 2 aromatic rings. The third-order valence-electron chi connectivity index (χ3n) is 4.13. The second kappa shape index (κ2) is 5.54. The molecule has 1 saturated heterocycles. The van der Waals surface area contributed by atoms with Crippen LogP contribution in [0.25, 0.3) is 11.1 Å². The molecule has 1 aromatic heterocycles. The van der Waals surface area contributed by atoms with Gasteiger partial charge >= 0.3 is 0 Å². The number of pyridine rings is 1. The molecule has 4 nitrogen and oxygen atoms in total. The van der Waals surface area contributed by atoms with Gasteiger partial charge in [-0.15, -0.1) is 0 Å². The Hall–Kier alpha value is -2.20. The minimum atomic E-state index is -0.414. The SMILES string of the molecule is CO[C@@H]1C(=O)N(c2ccc(-c3ccccc3)cn2)CC1(C)C. The van der Waals surface area contributed by atoms with E-state index < -0.39 is 6.10 Å². The lowest BCUT2D eigenvalue weighted by Crippen LogP contribution is -2.33. The van der Waals surface area contributed by atoms with Crippen LogP contribution in [-0.4, -0.2) is 30.6 Å². The monoisotopic (exact) mass is 296 g/mol.